The number of hydrogen-bond acceptors (Lipinski definition) is 3. The zero-order chi connectivity index (χ0) is 12.7. The lowest BCUT2D eigenvalue weighted by atomic mass is 9.72. The summed E-state index contributed by atoms with van der Waals surface area (Å²) in [5, 5.41) is 0. The van der Waals surface area contributed by atoms with E-state index in [0.29, 0.717) is 25.5 Å². The summed E-state index contributed by atoms with van der Waals surface area (Å²) in [6, 6.07) is 0. The van der Waals surface area contributed by atoms with Gasteiger partial charge in [-0.2, -0.15) is 0 Å². The number of nitrogens with two attached hydrogens (primary N) is 1. The third-order valence-corrected chi connectivity index (χ3v) is 3.49. The van der Waals surface area contributed by atoms with Crippen LogP contribution in [0.5, 0.6) is 0 Å². The van der Waals surface area contributed by atoms with Gasteiger partial charge >= 0.3 is 0 Å². The van der Waals surface area contributed by atoms with Crippen LogP contribution in [0.25, 0.3) is 0 Å². The summed E-state index contributed by atoms with van der Waals surface area (Å²) >= 11 is 0. The molecule has 3 N–H and O–H groups in total. The second-order valence-electron chi connectivity index (χ2n) is 5.67. The SMILES string of the molecule is CC(C)CONC(=O)CC1(CN)CCCCC1. The van der Waals surface area contributed by atoms with Gasteiger partial charge in [-0.15, -0.1) is 0 Å². The van der Waals surface area contributed by atoms with Crippen LogP contribution in [0.2, 0.25) is 0 Å². The topological polar surface area (TPSA) is 64.3 Å². The van der Waals surface area contributed by atoms with E-state index in [1.165, 1.54) is 19.3 Å². The number of hydrogen-bond donors (Lipinski definition) is 2. The largest absolute Gasteiger partial charge is 0.330 e. The molecule has 17 heavy (non-hydrogen) atoms. The number of rotatable bonds is 6. The number of carbonyl (C=O) groups excluding carboxylic acids is 1. The number of carbonyl (C=O) groups is 1. The minimum atomic E-state index is -0.0296. The van der Waals surface area contributed by atoms with Crippen LogP contribution in [-0.2, 0) is 9.63 Å². The summed E-state index contributed by atoms with van der Waals surface area (Å²) in [6.45, 7) is 5.26. The minimum absolute atomic E-state index is 0.0174. The van der Waals surface area contributed by atoms with Gasteiger partial charge in [0.25, 0.3) is 0 Å². The predicted molar refractivity (Wildman–Crippen MR) is 68.1 cm³/mol. The molecular weight excluding hydrogens is 216 g/mol. The summed E-state index contributed by atoms with van der Waals surface area (Å²) in [5.41, 5.74) is 8.39. The van der Waals surface area contributed by atoms with Crippen LogP contribution in [0.3, 0.4) is 0 Å². The molecule has 0 aliphatic heterocycles. The molecule has 0 saturated heterocycles. The van der Waals surface area contributed by atoms with Gasteiger partial charge in [0.2, 0.25) is 5.91 Å². The standard InChI is InChI=1S/C13H26N2O2/c1-11(2)9-17-15-12(16)8-13(10-14)6-4-3-5-7-13/h11H,3-10,14H2,1-2H3,(H,15,16). The van der Waals surface area contributed by atoms with E-state index in [0.717, 1.165) is 12.8 Å². The van der Waals surface area contributed by atoms with E-state index in [9.17, 15) is 4.79 Å². The van der Waals surface area contributed by atoms with E-state index in [-0.39, 0.29) is 11.3 Å². The highest BCUT2D eigenvalue weighted by atomic mass is 16.6. The van der Waals surface area contributed by atoms with Crippen molar-refractivity contribution in [2.24, 2.45) is 17.1 Å². The molecule has 4 nitrogen and oxygen atoms in total. The zero-order valence-corrected chi connectivity index (χ0v) is 11.1. The fourth-order valence-corrected chi connectivity index (χ4v) is 2.42. The van der Waals surface area contributed by atoms with Crippen molar-refractivity contribution >= 4 is 5.91 Å². The molecule has 0 aromatic heterocycles. The fraction of sp³-hybridized carbons (Fsp3) is 0.923. The van der Waals surface area contributed by atoms with Gasteiger partial charge in [0.15, 0.2) is 0 Å². The first-order valence-corrected chi connectivity index (χ1v) is 6.69. The minimum Gasteiger partial charge on any atom is -0.330 e. The molecule has 0 aromatic carbocycles. The highest BCUT2D eigenvalue weighted by Crippen LogP contribution is 2.38. The van der Waals surface area contributed by atoms with E-state index in [4.69, 9.17) is 10.6 Å². The summed E-state index contributed by atoms with van der Waals surface area (Å²) < 4.78 is 0. The Morgan fingerprint density at radius 2 is 2.00 bits per heavy atom. The molecule has 0 aromatic rings. The Kier molecular flexibility index (Phi) is 5.92. The van der Waals surface area contributed by atoms with Crippen LogP contribution >= 0.6 is 0 Å². The summed E-state index contributed by atoms with van der Waals surface area (Å²) in [4.78, 5) is 16.9. The van der Waals surface area contributed by atoms with Gasteiger partial charge in [-0.3, -0.25) is 9.63 Å². The van der Waals surface area contributed by atoms with Gasteiger partial charge in [0.05, 0.1) is 6.61 Å². The van der Waals surface area contributed by atoms with Crippen molar-refractivity contribution in [1.82, 2.24) is 5.48 Å². The fourth-order valence-electron chi connectivity index (χ4n) is 2.42. The lowest BCUT2D eigenvalue weighted by molar-refractivity contribution is -0.137. The van der Waals surface area contributed by atoms with Crippen LogP contribution in [0.4, 0.5) is 0 Å². The zero-order valence-electron chi connectivity index (χ0n) is 11.1. The van der Waals surface area contributed by atoms with E-state index in [1.54, 1.807) is 0 Å². The molecule has 0 heterocycles. The Balaban J connectivity index is 2.32. The van der Waals surface area contributed by atoms with Crippen molar-refractivity contribution in [2.45, 2.75) is 52.4 Å². The molecule has 1 fully saturated rings. The summed E-state index contributed by atoms with van der Waals surface area (Å²) in [7, 11) is 0. The van der Waals surface area contributed by atoms with Crippen LogP contribution < -0.4 is 11.2 Å². The molecule has 0 unspecified atom stereocenters. The molecule has 1 aliphatic carbocycles. The van der Waals surface area contributed by atoms with Crippen molar-refractivity contribution in [1.29, 1.82) is 0 Å². The quantitative estimate of drug-likeness (QED) is 0.700. The second-order valence-corrected chi connectivity index (χ2v) is 5.67. The van der Waals surface area contributed by atoms with Gasteiger partial charge < -0.3 is 5.73 Å². The lowest BCUT2D eigenvalue weighted by Crippen LogP contribution is -2.38. The highest BCUT2D eigenvalue weighted by Gasteiger charge is 2.32. The van der Waals surface area contributed by atoms with Crippen LogP contribution in [0.15, 0.2) is 0 Å². The molecule has 100 valence electrons. The molecule has 0 spiro atoms. The van der Waals surface area contributed by atoms with Crippen LogP contribution in [0, 0.1) is 11.3 Å². The Labute approximate surface area is 104 Å². The number of hydroxylamine groups is 1. The Morgan fingerprint density at radius 1 is 1.35 bits per heavy atom. The van der Waals surface area contributed by atoms with E-state index < -0.39 is 0 Å². The lowest BCUT2D eigenvalue weighted by Gasteiger charge is -2.35. The van der Waals surface area contributed by atoms with Crippen molar-refractivity contribution < 1.29 is 9.63 Å². The highest BCUT2D eigenvalue weighted by molar-refractivity contribution is 5.75. The first-order chi connectivity index (χ1) is 8.08. The predicted octanol–water partition coefficient (Wildman–Crippen LogP) is 1.99. The first-order valence-electron chi connectivity index (χ1n) is 6.69. The molecule has 4 heteroatoms. The maximum Gasteiger partial charge on any atom is 0.244 e. The molecule has 0 atom stereocenters. The maximum absolute atomic E-state index is 11.8. The summed E-state index contributed by atoms with van der Waals surface area (Å²) in [5.74, 6) is 0.395. The summed E-state index contributed by atoms with van der Waals surface area (Å²) in [6.07, 6.45) is 6.30. The van der Waals surface area contributed by atoms with Gasteiger partial charge in [-0.1, -0.05) is 33.1 Å². The number of nitrogens with one attached hydrogen (secondary N) is 1. The van der Waals surface area contributed by atoms with Gasteiger partial charge in [0.1, 0.15) is 0 Å². The van der Waals surface area contributed by atoms with Crippen molar-refractivity contribution in [3.8, 4) is 0 Å². The third-order valence-electron chi connectivity index (χ3n) is 3.49. The molecule has 1 saturated carbocycles. The molecule has 1 aliphatic rings. The Morgan fingerprint density at radius 3 is 2.53 bits per heavy atom. The number of amides is 1. The van der Waals surface area contributed by atoms with Crippen LogP contribution in [-0.4, -0.2) is 19.1 Å². The smallest absolute Gasteiger partial charge is 0.244 e. The van der Waals surface area contributed by atoms with Crippen LogP contribution in [0.1, 0.15) is 52.4 Å². The molecule has 0 bridgehead atoms. The van der Waals surface area contributed by atoms with E-state index >= 15 is 0 Å². The second kappa shape index (κ2) is 6.97. The normalized spacial score (nSPS) is 19.3. The molecule has 0 radical (unpaired) electrons. The van der Waals surface area contributed by atoms with E-state index in [1.807, 2.05) is 0 Å². The molecule has 1 rings (SSSR count). The van der Waals surface area contributed by atoms with Crippen molar-refractivity contribution in [3.63, 3.8) is 0 Å². The molecular formula is C13H26N2O2. The van der Waals surface area contributed by atoms with Gasteiger partial charge in [-0.25, -0.2) is 5.48 Å². The van der Waals surface area contributed by atoms with Gasteiger partial charge in [-0.05, 0) is 30.7 Å². The first kappa shape index (κ1) is 14.5. The monoisotopic (exact) mass is 242 g/mol. The van der Waals surface area contributed by atoms with E-state index in [2.05, 4.69) is 19.3 Å². The molecule has 1 amide bonds. The van der Waals surface area contributed by atoms with Gasteiger partial charge in [0, 0.05) is 6.42 Å². The third kappa shape index (κ3) is 5.04. The Bertz CT molecular complexity index is 236. The average molecular weight is 242 g/mol. The van der Waals surface area contributed by atoms with Crippen molar-refractivity contribution in [3.05, 3.63) is 0 Å². The van der Waals surface area contributed by atoms with Crippen molar-refractivity contribution in [2.75, 3.05) is 13.2 Å². The average Bonchev–Trinajstić information content (AvgIpc) is 2.29. The maximum atomic E-state index is 11.8. The Hall–Kier alpha value is -0.610.